The molecule has 3 aromatic carbocycles. The van der Waals surface area contributed by atoms with Crippen LogP contribution in [0.1, 0.15) is 22.6 Å². The van der Waals surface area contributed by atoms with Crippen molar-refractivity contribution in [2.45, 2.75) is 10.8 Å². The Morgan fingerprint density at radius 2 is 1.13 bits per heavy atom. The summed E-state index contributed by atoms with van der Waals surface area (Å²) in [6, 6.07) is 30.3. The first-order valence-electron chi connectivity index (χ1n) is 7.91. The van der Waals surface area contributed by atoms with E-state index in [0.29, 0.717) is 6.54 Å². The van der Waals surface area contributed by atoms with Crippen LogP contribution in [0.2, 0.25) is 0 Å². The van der Waals surface area contributed by atoms with Crippen molar-refractivity contribution >= 4 is 11.8 Å². The van der Waals surface area contributed by atoms with Gasteiger partial charge < -0.3 is 5.73 Å². The van der Waals surface area contributed by atoms with E-state index in [0.717, 1.165) is 5.75 Å². The van der Waals surface area contributed by atoms with Crippen molar-refractivity contribution in [1.29, 1.82) is 0 Å². The van der Waals surface area contributed by atoms with E-state index in [2.05, 4.69) is 84.9 Å². The van der Waals surface area contributed by atoms with Crippen LogP contribution >= 0.6 is 11.8 Å². The van der Waals surface area contributed by atoms with E-state index in [1.807, 2.05) is 11.8 Å². The first kappa shape index (κ1) is 15.9. The van der Waals surface area contributed by atoms with Crippen LogP contribution in [0.25, 0.3) is 0 Å². The van der Waals surface area contributed by atoms with Crippen molar-refractivity contribution in [3.8, 4) is 0 Å². The molecule has 0 atom stereocenters. The normalized spacial score (nSPS) is 10.9. The molecule has 0 aliphatic carbocycles. The maximum Gasteiger partial charge on any atom is 0.0340 e. The molecular weight excluding hydrogens is 298 g/mol. The lowest BCUT2D eigenvalue weighted by molar-refractivity contribution is 0.974. The Kier molecular flexibility index (Phi) is 5.51. The molecule has 23 heavy (non-hydrogen) atoms. The summed E-state index contributed by atoms with van der Waals surface area (Å²) in [5.41, 5.74) is 9.55. The molecule has 0 spiro atoms. The summed E-state index contributed by atoms with van der Waals surface area (Å²) in [7, 11) is 0. The van der Waals surface area contributed by atoms with Crippen molar-refractivity contribution in [2.24, 2.45) is 5.73 Å². The van der Waals surface area contributed by atoms with Crippen LogP contribution in [0.5, 0.6) is 0 Å². The molecule has 3 rings (SSSR count). The van der Waals surface area contributed by atoms with E-state index in [9.17, 15) is 0 Å². The van der Waals surface area contributed by atoms with Crippen LogP contribution < -0.4 is 5.73 Å². The lowest BCUT2D eigenvalue weighted by atomic mass is 9.85. The Hall–Kier alpha value is -2.03. The van der Waals surface area contributed by atoms with Crippen molar-refractivity contribution in [3.05, 3.63) is 102 Å². The molecule has 0 radical (unpaired) electrons. The largest absolute Gasteiger partial charge is 0.330 e. The molecule has 3 aromatic rings. The van der Waals surface area contributed by atoms with Gasteiger partial charge in [-0.3, -0.25) is 0 Å². The van der Waals surface area contributed by atoms with Gasteiger partial charge in [0.1, 0.15) is 0 Å². The molecule has 2 N–H and O–H groups in total. The lowest BCUT2D eigenvalue weighted by Gasteiger charge is -2.19. The molecule has 116 valence electrons. The standard InChI is InChI=1S/C21H21NS/c22-15-16-23-20-13-11-19(12-14-20)21(17-7-3-1-4-8-17)18-9-5-2-6-10-18/h1-14,21H,15-16,22H2. The average Bonchev–Trinajstić information content (AvgIpc) is 2.63. The van der Waals surface area contributed by atoms with Crippen LogP contribution in [0.3, 0.4) is 0 Å². The second-order valence-corrected chi connectivity index (χ2v) is 6.63. The molecule has 0 unspecified atom stereocenters. The molecule has 0 heterocycles. The van der Waals surface area contributed by atoms with Crippen molar-refractivity contribution in [2.75, 3.05) is 12.3 Å². The Labute approximate surface area is 142 Å². The third kappa shape index (κ3) is 4.04. The maximum absolute atomic E-state index is 5.59. The molecule has 0 fully saturated rings. The molecule has 1 nitrogen and oxygen atoms in total. The van der Waals surface area contributed by atoms with Crippen LogP contribution in [-0.2, 0) is 0 Å². The summed E-state index contributed by atoms with van der Waals surface area (Å²) in [6.07, 6.45) is 0. The average molecular weight is 319 g/mol. The summed E-state index contributed by atoms with van der Waals surface area (Å²) in [5.74, 6) is 1.23. The van der Waals surface area contributed by atoms with Gasteiger partial charge in [0.05, 0.1) is 0 Å². The van der Waals surface area contributed by atoms with E-state index >= 15 is 0 Å². The van der Waals surface area contributed by atoms with Gasteiger partial charge in [0.25, 0.3) is 0 Å². The highest BCUT2D eigenvalue weighted by Crippen LogP contribution is 2.32. The Morgan fingerprint density at radius 1 is 0.652 bits per heavy atom. The number of benzene rings is 3. The fourth-order valence-electron chi connectivity index (χ4n) is 2.80. The van der Waals surface area contributed by atoms with E-state index < -0.39 is 0 Å². The topological polar surface area (TPSA) is 26.0 Å². The van der Waals surface area contributed by atoms with Crippen molar-refractivity contribution in [1.82, 2.24) is 0 Å². The maximum atomic E-state index is 5.59. The smallest absolute Gasteiger partial charge is 0.0340 e. The second-order valence-electron chi connectivity index (χ2n) is 5.46. The van der Waals surface area contributed by atoms with Gasteiger partial charge in [0.2, 0.25) is 0 Å². The van der Waals surface area contributed by atoms with E-state index in [1.54, 1.807) is 0 Å². The van der Waals surface area contributed by atoms with Crippen molar-refractivity contribution < 1.29 is 0 Å². The minimum absolute atomic E-state index is 0.269. The lowest BCUT2D eigenvalue weighted by Crippen LogP contribution is -2.03. The molecule has 0 aromatic heterocycles. The minimum Gasteiger partial charge on any atom is -0.330 e. The Balaban J connectivity index is 1.96. The number of thioether (sulfide) groups is 1. The zero-order valence-corrected chi connectivity index (χ0v) is 13.9. The third-order valence-electron chi connectivity index (χ3n) is 3.87. The van der Waals surface area contributed by atoms with Gasteiger partial charge in [-0.05, 0) is 28.8 Å². The van der Waals surface area contributed by atoms with Gasteiger partial charge in [-0.2, -0.15) is 0 Å². The van der Waals surface area contributed by atoms with Gasteiger partial charge in [-0.15, -0.1) is 11.8 Å². The molecule has 0 amide bonds. The number of hydrogen-bond donors (Lipinski definition) is 1. The highest BCUT2D eigenvalue weighted by atomic mass is 32.2. The molecule has 0 saturated carbocycles. The van der Waals surface area contributed by atoms with Gasteiger partial charge in [-0.25, -0.2) is 0 Å². The predicted octanol–water partition coefficient (Wildman–Crippen LogP) is 4.92. The van der Waals surface area contributed by atoms with Gasteiger partial charge in [-0.1, -0.05) is 72.8 Å². The summed E-state index contributed by atoms with van der Waals surface area (Å²) < 4.78 is 0. The van der Waals surface area contributed by atoms with Crippen LogP contribution in [0, 0.1) is 0 Å². The van der Waals surface area contributed by atoms with Gasteiger partial charge in [0, 0.05) is 23.1 Å². The molecule has 0 aliphatic heterocycles. The highest BCUT2D eigenvalue weighted by molar-refractivity contribution is 7.99. The first-order chi connectivity index (χ1) is 11.4. The van der Waals surface area contributed by atoms with E-state index in [4.69, 9.17) is 5.73 Å². The van der Waals surface area contributed by atoms with E-state index in [1.165, 1.54) is 21.6 Å². The zero-order valence-electron chi connectivity index (χ0n) is 13.1. The fraction of sp³-hybridized carbons (Fsp3) is 0.143. The summed E-state index contributed by atoms with van der Waals surface area (Å²) in [5, 5.41) is 0. The monoisotopic (exact) mass is 319 g/mol. The predicted molar refractivity (Wildman–Crippen MR) is 100 cm³/mol. The second kappa shape index (κ2) is 8.00. The molecule has 0 bridgehead atoms. The summed E-state index contributed by atoms with van der Waals surface area (Å²) in [4.78, 5) is 1.28. The molecule has 2 heteroatoms. The highest BCUT2D eigenvalue weighted by Gasteiger charge is 2.16. The minimum atomic E-state index is 0.269. The zero-order chi connectivity index (χ0) is 15.9. The van der Waals surface area contributed by atoms with Gasteiger partial charge in [0.15, 0.2) is 0 Å². The summed E-state index contributed by atoms with van der Waals surface area (Å²) >= 11 is 1.81. The van der Waals surface area contributed by atoms with Crippen LogP contribution in [0.15, 0.2) is 89.8 Å². The van der Waals surface area contributed by atoms with E-state index in [-0.39, 0.29) is 5.92 Å². The number of hydrogen-bond acceptors (Lipinski definition) is 2. The van der Waals surface area contributed by atoms with Gasteiger partial charge >= 0.3 is 0 Å². The van der Waals surface area contributed by atoms with Crippen molar-refractivity contribution in [3.63, 3.8) is 0 Å². The Morgan fingerprint density at radius 3 is 1.61 bits per heavy atom. The quantitative estimate of drug-likeness (QED) is 0.515. The number of rotatable bonds is 6. The van der Waals surface area contributed by atoms with Crippen LogP contribution in [0.4, 0.5) is 0 Å². The summed E-state index contributed by atoms with van der Waals surface area (Å²) in [6.45, 7) is 0.711. The first-order valence-corrected chi connectivity index (χ1v) is 8.90. The fourth-order valence-corrected chi connectivity index (χ4v) is 3.48. The third-order valence-corrected chi connectivity index (χ3v) is 4.91. The van der Waals surface area contributed by atoms with Crippen LogP contribution in [-0.4, -0.2) is 12.3 Å². The Bertz CT molecular complexity index is 668. The molecular formula is C21H21NS. The molecule has 0 saturated heterocycles. The SMILES string of the molecule is NCCSc1ccc(C(c2ccccc2)c2ccccc2)cc1. The number of nitrogens with two attached hydrogens (primary N) is 1. The molecule has 0 aliphatic rings.